The van der Waals surface area contributed by atoms with E-state index in [1.807, 2.05) is 88.6 Å². The summed E-state index contributed by atoms with van der Waals surface area (Å²) in [5.41, 5.74) is 4.46. The lowest BCUT2D eigenvalue weighted by Crippen LogP contribution is -2.28. The van der Waals surface area contributed by atoms with Crippen LogP contribution in [-0.4, -0.2) is 20.0 Å². The van der Waals surface area contributed by atoms with Gasteiger partial charge in [-0.05, 0) is 46.7 Å². The van der Waals surface area contributed by atoms with Gasteiger partial charge >= 0.3 is 0 Å². The van der Waals surface area contributed by atoms with Crippen molar-refractivity contribution in [3.8, 4) is 11.8 Å². The number of nitrogens with one attached hydrogen (secondary N) is 1. The molecule has 0 saturated carbocycles. The lowest BCUT2D eigenvalue weighted by Gasteiger charge is -2.28. The van der Waals surface area contributed by atoms with Crippen LogP contribution < -0.4 is 5.62 Å². The Morgan fingerprint density at radius 3 is 1.95 bits per heavy atom. The van der Waals surface area contributed by atoms with Crippen molar-refractivity contribution in [1.82, 2.24) is 9.13 Å². The number of ketones is 1. The second-order valence-electron chi connectivity index (χ2n) is 11.6. The number of rotatable bonds is 5. The third kappa shape index (κ3) is 4.95. The number of hydrogen-bond donors (Lipinski definition) is 2. The number of hydrogen-bond acceptors (Lipinski definition) is 4. The highest BCUT2D eigenvalue weighted by atomic mass is 16.3. The summed E-state index contributed by atoms with van der Waals surface area (Å²) < 4.78 is 3.55. The van der Waals surface area contributed by atoms with Gasteiger partial charge in [0.2, 0.25) is 5.62 Å². The highest BCUT2D eigenvalue weighted by Gasteiger charge is 2.28. The number of Topliss-reactive ketones (excluding diaryl/α,β-unsaturated/α-hetero) is 1. The number of fused-ring (bicyclic) bond motifs is 1. The van der Waals surface area contributed by atoms with Crippen LogP contribution in [0.3, 0.4) is 0 Å². The fourth-order valence-electron chi connectivity index (χ4n) is 4.73. The summed E-state index contributed by atoms with van der Waals surface area (Å²) in [6.07, 6.45) is 0. The van der Waals surface area contributed by atoms with Crippen molar-refractivity contribution in [2.75, 3.05) is 0 Å². The first-order chi connectivity index (χ1) is 17.3. The maximum absolute atomic E-state index is 13.7. The van der Waals surface area contributed by atoms with E-state index >= 15 is 0 Å². The monoisotopic (exact) mass is 494 g/mol. The van der Waals surface area contributed by atoms with Crippen LogP contribution in [0.1, 0.15) is 74.2 Å². The minimum absolute atomic E-state index is 0.00974. The molecule has 0 atom stereocenters. The number of para-hydroxylation sites is 2. The molecule has 0 saturated heterocycles. The van der Waals surface area contributed by atoms with Gasteiger partial charge < -0.3 is 14.2 Å². The number of aromatic nitrogens is 2. The van der Waals surface area contributed by atoms with Gasteiger partial charge in [-0.3, -0.25) is 10.2 Å². The second kappa shape index (κ2) is 9.40. The largest absolute Gasteiger partial charge is 0.507 e. The van der Waals surface area contributed by atoms with Gasteiger partial charge in [0.25, 0.3) is 0 Å². The van der Waals surface area contributed by atoms with Gasteiger partial charge in [-0.2, -0.15) is 5.26 Å². The molecule has 0 spiro atoms. The molecule has 0 bridgehead atoms. The van der Waals surface area contributed by atoms with Crippen molar-refractivity contribution in [1.29, 1.82) is 10.7 Å². The van der Waals surface area contributed by atoms with E-state index in [-0.39, 0.29) is 34.5 Å². The number of carbonyl (C=O) groups is 1. The zero-order valence-electron chi connectivity index (χ0n) is 22.4. The lowest BCUT2D eigenvalue weighted by atomic mass is 9.78. The SMILES string of the molecule is CC(C)(C)c1cc(C(=O)Cn2c(=N)n(Cc3ccccc3C#N)c3ccccc32)cc(C(C)(C)C)c1O. The van der Waals surface area contributed by atoms with E-state index in [0.29, 0.717) is 17.7 Å². The molecule has 0 aliphatic heterocycles. The molecule has 6 heteroatoms. The van der Waals surface area contributed by atoms with Gasteiger partial charge in [-0.15, -0.1) is 0 Å². The molecule has 37 heavy (non-hydrogen) atoms. The van der Waals surface area contributed by atoms with Gasteiger partial charge in [-0.25, -0.2) is 0 Å². The quantitative estimate of drug-likeness (QED) is 0.332. The van der Waals surface area contributed by atoms with Gasteiger partial charge in [0.05, 0.1) is 35.8 Å². The van der Waals surface area contributed by atoms with E-state index in [4.69, 9.17) is 5.41 Å². The van der Waals surface area contributed by atoms with E-state index in [1.165, 1.54) is 0 Å². The Labute approximate surface area is 217 Å². The Morgan fingerprint density at radius 2 is 1.41 bits per heavy atom. The average Bonchev–Trinajstić information content (AvgIpc) is 3.09. The maximum Gasteiger partial charge on any atom is 0.203 e. The molecule has 0 unspecified atom stereocenters. The van der Waals surface area contributed by atoms with Crippen LogP contribution in [0.5, 0.6) is 5.75 Å². The highest BCUT2D eigenvalue weighted by molar-refractivity contribution is 5.97. The zero-order chi connectivity index (χ0) is 27.1. The summed E-state index contributed by atoms with van der Waals surface area (Å²) in [6, 6.07) is 20.8. The molecule has 0 aliphatic carbocycles. The third-order valence-corrected chi connectivity index (χ3v) is 6.79. The molecule has 0 fully saturated rings. The number of nitrogens with zero attached hydrogens (tertiary/aromatic N) is 3. The number of phenols is 1. The fraction of sp³-hybridized carbons (Fsp3) is 0.323. The summed E-state index contributed by atoms with van der Waals surface area (Å²) in [7, 11) is 0. The standard InChI is InChI=1S/C31H34N4O2/c1-30(2,3)23-15-22(16-24(28(23)37)31(4,5)6)27(36)19-35-26-14-10-9-13-25(26)34(29(35)33)18-21-12-8-7-11-20(21)17-32/h7-16,33,37H,18-19H2,1-6H3. The molecule has 6 nitrogen and oxygen atoms in total. The minimum atomic E-state index is -0.349. The van der Waals surface area contributed by atoms with Crippen LogP contribution in [0, 0.1) is 16.7 Å². The van der Waals surface area contributed by atoms with Crippen LogP contribution in [0.4, 0.5) is 0 Å². The van der Waals surface area contributed by atoms with Crippen molar-refractivity contribution >= 4 is 16.8 Å². The van der Waals surface area contributed by atoms with E-state index in [9.17, 15) is 15.2 Å². The highest BCUT2D eigenvalue weighted by Crippen LogP contribution is 2.40. The number of carbonyl (C=O) groups excluding carboxylic acids is 1. The summed E-state index contributed by atoms with van der Waals surface area (Å²) in [6.45, 7) is 12.5. The zero-order valence-corrected chi connectivity index (χ0v) is 22.4. The predicted molar refractivity (Wildman–Crippen MR) is 146 cm³/mol. The van der Waals surface area contributed by atoms with E-state index < -0.39 is 0 Å². The Hall–Kier alpha value is -4.11. The average molecular weight is 495 g/mol. The summed E-state index contributed by atoms with van der Waals surface area (Å²) in [4.78, 5) is 13.7. The van der Waals surface area contributed by atoms with E-state index in [1.54, 1.807) is 22.8 Å². The van der Waals surface area contributed by atoms with Crippen molar-refractivity contribution < 1.29 is 9.90 Å². The topological polar surface area (TPSA) is 94.8 Å². The predicted octanol–water partition coefficient (Wildman–Crippen LogP) is 6.03. The first-order valence-electron chi connectivity index (χ1n) is 12.4. The molecule has 3 aromatic carbocycles. The fourth-order valence-corrected chi connectivity index (χ4v) is 4.73. The molecular weight excluding hydrogens is 460 g/mol. The lowest BCUT2D eigenvalue weighted by molar-refractivity contribution is 0.0971. The summed E-state index contributed by atoms with van der Waals surface area (Å²) in [5, 5.41) is 29.6. The van der Waals surface area contributed by atoms with Crippen LogP contribution in [-0.2, 0) is 23.9 Å². The summed E-state index contributed by atoms with van der Waals surface area (Å²) >= 11 is 0. The molecule has 1 aromatic heterocycles. The van der Waals surface area contributed by atoms with Gasteiger partial charge in [0.1, 0.15) is 5.75 Å². The first kappa shape index (κ1) is 26.0. The maximum atomic E-state index is 13.7. The Morgan fingerprint density at radius 1 is 0.892 bits per heavy atom. The molecule has 0 radical (unpaired) electrons. The molecule has 4 aromatic rings. The number of imidazole rings is 1. The number of phenolic OH excluding ortho intramolecular Hbond substituents is 1. The molecule has 1 heterocycles. The molecule has 4 rings (SSSR count). The Kier molecular flexibility index (Phi) is 6.60. The van der Waals surface area contributed by atoms with Crippen molar-refractivity contribution in [2.24, 2.45) is 0 Å². The minimum Gasteiger partial charge on any atom is -0.507 e. The first-order valence-corrected chi connectivity index (χ1v) is 12.4. The summed E-state index contributed by atoms with van der Waals surface area (Å²) in [5.74, 6) is 0.105. The van der Waals surface area contributed by atoms with Crippen LogP contribution in [0.2, 0.25) is 0 Å². The number of aromatic hydroxyl groups is 1. The Bertz CT molecular complexity index is 1570. The molecule has 2 N–H and O–H groups in total. The molecule has 190 valence electrons. The van der Waals surface area contributed by atoms with Gasteiger partial charge in [0.15, 0.2) is 5.78 Å². The van der Waals surface area contributed by atoms with Crippen LogP contribution in [0.15, 0.2) is 60.7 Å². The van der Waals surface area contributed by atoms with Crippen molar-refractivity contribution in [3.05, 3.63) is 94.1 Å². The Balaban J connectivity index is 1.82. The van der Waals surface area contributed by atoms with Crippen molar-refractivity contribution in [3.63, 3.8) is 0 Å². The van der Waals surface area contributed by atoms with Crippen LogP contribution >= 0.6 is 0 Å². The van der Waals surface area contributed by atoms with E-state index in [2.05, 4.69) is 6.07 Å². The molecular formula is C31H34N4O2. The van der Waals surface area contributed by atoms with Crippen LogP contribution in [0.25, 0.3) is 11.0 Å². The van der Waals surface area contributed by atoms with Crippen molar-refractivity contribution in [2.45, 2.75) is 65.5 Å². The van der Waals surface area contributed by atoms with Gasteiger partial charge in [0, 0.05) is 16.7 Å². The van der Waals surface area contributed by atoms with Gasteiger partial charge in [-0.1, -0.05) is 71.9 Å². The third-order valence-electron chi connectivity index (χ3n) is 6.79. The molecule has 0 aliphatic rings. The molecule has 0 amide bonds. The number of benzene rings is 3. The normalized spacial score (nSPS) is 12.0. The second-order valence-corrected chi connectivity index (χ2v) is 11.6. The van der Waals surface area contributed by atoms with E-state index in [0.717, 1.165) is 27.7 Å². The smallest absolute Gasteiger partial charge is 0.203 e. The number of nitriles is 1.